The van der Waals surface area contributed by atoms with E-state index >= 15 is 0 Å². The van der Waals surface area contributed by atoms with Gasteiger partial charge in [-0.25, -0.2) is 0 Å². The number of hydrogen-bond acceptors (Lipinski definition) is 3. The molecule has 1 unspecified atom stereocenters. The number of amides is 1. The van der Waals surface area contributed by atoms with Gasteiger partial charge < -0.3 is 9.64 Å². The van der Waals surface area contributed by atoms with Gasteiger partial charge in [0.05, 0.1) is 12.6 Å². The third-order valence-electron chi connectivity index (χ3n) is 2.84. The molecule has 3 nitrogen and oxygen atoms in total. The Labute approximate surface area is 83.8 Å². The highest BCUT2D eigenvalue weighted by atomic mass is 32.1. The maximum Gasteiger partial charge on any atom is 0.223 e. The van der Waals surface area contributed by atoms with E-state index in [-0.39, 0.29) is 5.91 Å². The lowest BCUT2D eigenvalue weighted by atomic mass is 10.1. The van der Waals surface area contributed by atoms with Gasteiger partial charge in [0, 0.05) is 19.6 Å². The van der Waals surface area contributed by atoms with Gasteiger partial charge >= 0.3 is 0 Å². The Hall–Kier alpha value is -0.220. The van der Waals surface area contributed by atoms with Gasteiger partial charge in [0.1, 0.15) is 0 Å². The lowest BCUT2D eigenvalue weighted by Gasteiger charge is -2.22. The van der Waals surface area contributed by atoms with Crippen molar-refractivity contribution in [1.29, 1.82) is 0 Å². The molecule has 2 rings (SSSR count). The second kappa shape index (κ2) is 3.88. The summed E-state index contributed by atoms with van der Waals surface area (Å²) >= 11 is 4.23. The van der Waals surface area contributed by atoms with Gasteiger partial charge in [0.25, 0.3) is 0 Å². The molecule has 74 valence electrons. The number of rotatable bonds is 2. The fourth-order valence-electron chi connectivity index (χ4n) is 2.05. The average molecular weight is 201 g/mol. The molecule has 13 heavy (non-hydrogen) atoms. The van der Waals surface area contributed by atoms with Crippen LogP contribution in [0.5, 0.6) is 0 Å². The highest BCUT2D eigenvalue weighted by molar-refractivity contribution is 7.80. The van der Waals surface area contributed by atoms with E-state index in [0.29, 0.717) is 18.4 Å². The topological polar surface area (TPSA) is 29.5 Å². The van der Waals surface area contributed by atoms with Crippen LogP contribution in [-0.2, 0) is 9.53 Å². The molecule has 2 saturated heterocycles. The minimum Gasteiger partial charge on any atom is -0.379 e. The molecule has 0 radical (unpaired) electrons. The predicted molar refractivity (Wildman–Crippen MR) is 52.9 cm³/mol. The first-order valence-electron chi connectivity index (χ1n) is 4.79. The van der Waals surface area contributed by atoms with E-state index < -0.39 is 0 Å². The van der Waals surface area contributed by atoms with Crippen LogP contribution in [-0.4, -0.2) is 42.4 Å². The molecule has 0 aliphatic carbocycles. The highest BCUT2D eigenvalue weighted by Gasteiger charge is 2.35. The molecule has 1 amide bonds. The van der Waals surface area contributed by atoms with Crippen molar-refractivity contribution in [2.45, 2.75) is 18.9 Å². The largest absolute Gasteiger partial charge is 0.379 e. The second-order valence-electron chi connectivity index (χ2n) is 3.82. The van der Waals surface area contributed by atoms with Crippen molar-refractivity contribution in [3.63, 3.8) is 0 Å². The summed E-state index contributed by atoms with van der Waals surface area (Å²) in [5, 5.41) is 0. The zero-order valence-corrected chi connectivity index (χ0v) is 8.50. The van der Waals surface area contributed by atoms with Crippen molar-refractivity contribution in [3.8, 4) is 0 Å². The molecule has 0 aromatic rings. The third-order valence-corrected chi connectivity index (χ3v) is 3.36. The number of likely N-dealkylation sites (tertiary alicyclic amines) is 1. The van der Waals surface area contributed by atoms with E-state index in [1.807, 2.05) is 4.90 Å². The van der Waals surface area contributed by atoms with Crippen LogP contribution in [0, 0.1) is 5.92 Å². The van der Waals surface area contributed by atoms with Crippen LogP contribution >= 0.6 is 12.6 Å². The molecule has 2 fully saturated rings. The van der Waals surface area contributed by atoms with Gasteiger partial charge in [-0.2, -0.15) is 12.6 Å². The van der Waals surface area contributed by atoms with E-state index in [2.05, 4.69) is 12.6 Å². The van der Waals surface area contributed by atoms with E-state index in [0.717, 1.165) is 31.9 Å². The van der Waals surface area contributed by atoms with Crippen molar-refractivity contribution in [1.82, 2.24) is 4.90 Å². The number of thiol groups is 1. The molecular weight excluding hydrogens is 186 g/mol. The van der Waals surface area contributed by atoms with Crippen molar-refractivity contribution in [2.75, 3.05) is 25.5 Å². The number of carbonyl (C=O) groups excluding carboxylic acids is 1. The van der Waals surface area contributed by atoms with Crippen molar-refractivity contribution in [2.24, 2.45) is 5.92 Å². The number of hydrogen-bond donors (Lipinski definition) is 1. The Morgan fingerprint density at radius 1 is 1.62 bits per heavy atom. The summed E-state index contributed by atoms with van der Waals surface area (Å²) < 4.78 is 5.27. The van der Waals surface area contributed by atoms with Crippen LogP contribution in [0.15, 0.2) is 0 Å². The molecule has 2 aliphatic heterocycles. The summed E-state index contributed by atoms with van der Waals surface area (Å²) in [6.07, 6.45) is 1.69. The number of nitrogens with zero attached hydrogens (tertiary/aromatic N) is 1. The molecule has 0 bridgehead atoms. The van der Waals surface area contributed by atoms with Crippen LogP contribution in [0.2, 0.25) is 0 Å². The number of carbonyl (C=O) groups is 1. The Kier molecular flexibility index (Phi) is 2.79. The Morgan fingerprint density at radius 3 is 3.00 bits per heavy atom. The molecular formula is C9H15NO2S. The molecule has 0 spiro atoms. The summed E-state index contributed by atoms with van der Waals surface area (Å²) in [7, 11) is 0. The van der Waals surface area contributed by atoms with Gasteiger partial charge in [-0.05, 0) is 18.1 Å². The van der Waals surface area contributed by atoms with Crippen molar-refractivity contribution < 1.29 is 9.53 Å². The minimum atomic E-state index is 0.287. The Morgan fingerprint density at radius 2 is 2.46 bits per heavy atom. The zero-order chi connectivity index (χ0) is 9.26. The minimum absolute atomic E-state index is 0.287. The quantitative estimate of drug-likeness (QED) is 0.661. The van der Waals surface area contributed by atoms with Gasteiger partial charge in [0.2, 0.25) is 5.91 Å². The summed E-state index contributed by atoms with van der Waals surface area (Å²) in [6, 6.07) is 0.345. The first kappa shape index (κ1) is 9.34. The summed E-state index contributed by atoms with van der Waals surface area (Å²) in [6.45, 7) is 2.42. The smallest absolute Gasteiger partial charge is 0.223 e. The van der Waals surface area contributed by atoms with Crippen molar-refractivity contribution >= 4 is 18.5 Å². The summed E-state index contributed by atoms with van der Waals surface area (Å²) in [4.78, 5) is 13.5. The normalized spacial score (nSPS) is 34.5. The van der Waals surface area contributed by atoms with Crippen LogP contribution in [0.25, 0.3) is 0 Å². The molecule has 4 heteroatoms. The summed E-state index contributed by atoms with van der Waals surface area (Å²) in [5.41, 5.74) is 0. The monoisotopic (exact) mass is 201 g/mol. The van der Waals surface area contributed by atoms with Gasteiger partial charge in [-0.1, -0.05) is 0 Å². The fraction of sp³-hybridized carbons (Fsp3) is 0.889. The first-order valence-corrected chi connectivity index (χ1v) is 5.42. The molecule has 0 N–H and O–H groups in total. The van der Waals surface area contributed by atoms with Crippen LogP contribution in [0.3, 0.4) is 0 Å². The SMILES string of the molecule is O=C1CC(CS)CN1[C@@H]1CCOC1. The lowest BCUT2D eigenvalue weighted by Crippen LogP contribution is -2.36. The van der Waals surface area contributed by atoms with Crippen LogP contribution < -0.4 is 0 Å². The zero-order valence-electron chi connectivity index (χ0n) is 7.61. The Bertz CT molecular complexity index is 204. The van der Waals surface area contributed by atoms with Crippen LogP contribution in [0.4, 0.5) is 0 Å². The standard InChI is InChI=1S/C9H15NO2S/c11-9-3-7(6-13)4-10(9)8-1-2-12-5-8/h7-8,13H,1-6H2/t7?,8-/m1/s1. The first-order chi connectivity index (χ1) is 6.31. The van der Waals surface area contributed by atoms with Crippen LogP contribution in [0.1, 0.15) is 12.8 Å². The lowest BCUT2D eigenvalue weighted by molar-refractivity contribution is -0.129. The van der Waals surface area contributed by atoms with Gasteiger partial charge in [0.15, 0.2) is 0 Å². The van der Waals surface area contributed by atoms with E-state index in [1.54, 1.807) is 0 Å². The molecule has 0 saturated carbocycles. The van der Waals surface area contributed by atoms with Crippen molar-refractivity contribution in [3.05, 3.63) is 0 Å². The van der Waals surface area contributed by atoms with Gasteiger partial charge in [-0.3, -0.25) is 4.79 Å². The van der Waals surface area contributed by atoms with E-state index in [4.69, 9.17) is 4.74 Å². The molecule has 2 aliphatic rings. The average Bonchev–Trinajstić information content (AvgIpc) is 2.72. The molecule has 2 heterocycles. The second-order valence-corrected chi connectivity index (χ2v) is 4.18. The van der Waals surface area contributed by atoms with E-state index in [1.165, 1.54) is 0 Å². The fourth-order valence-corrected chi connectivity index (χ4v) is 2.30. The molecule has 0 aromatic heterocycles. The third kappa shape index (κ3) is 1.83. The Balaban J connectivity index is 1.95. The maximum atomic E-state index is 11.6. The maximum absolute atomic E-state index is 11.6. The van der Waals surface area contributed by atoms with Gasteiger partial charge in [-0.15, -0.1) is 0 Å². The predicted octanol–water partition coefficient (Wildman–Crippen LogP) is 0.554. The van der Waals surface area contributed by atoms with E-state index in [9.17, 15) is 4.79 Å². The summed E-state index contributed by atoms with van der Waals surface area (Å²) in [5.74, 6) is 1.56. The number of ether oxygens (including phenoxy) is 1. The highest BCUT2D eigenvalue weighted by Crippen LogP contribution is 2.24. The molecule has 0 aromatic carbocycles. The molecule has 2 atom stereocenters.